The zero-order valence-corrected chi connectivity index (χ0v) is 11.0. The number of carbonyl (C=O) groups is 1. The van der Waals surface area contributed by atoms with Gasteiger partial charge in [0, 0.05) is 30.3 Å². The molecule has 5 nitrogen and oxygen atoms in total. The lowest BCUT2D eigenvalue weighted by atomic mass is 10.1. The molecule has 0 saturated carbocycles. The van der Waals surface area contributed by atoms with E-state index in [9.17, 15) is 9.59 Å². The first-order valence-electron chi connectivity index (χ1n) is 6.76. The molecule has 1 aromatic carbocycles. The summed E-state index contributed by atoms with van der Waals surface area (Å²) in [6.45, 7) is 1.20. The van der Waals surface area contributed by atoms with Crippen LogP contribution in [0.15, 0.2) is 35.3 Å². The minimum atomic E-state index is -0.354. The fourth-order valence-electron chi connectivity index (χ4n) is 2.44. The Hall–Kier alpha value is -2.14. The molecule has 1 aliphatic rings. The van der Waals surface area contributed by atoms with Gasteiger partial charge in [-0.1, -0.05) is 12.1 Å². The standard InChI is InChI=1S/C15H16N2O3/c18-14-11-5-1-2-6-13(11)16-9-12(14)15(19)17-8-10-4-3-7-20-10/h1-2,5-6,9-10H,3-4,7-8H2,(H,16,18)(H,17,19)/t10-/m1/s1. The van der Waals surface area contributed by atoms with Crippen LogP contribution in [0.1, 0.15) is 23.2 Å². The number of para-hydroxylation sites is 1. The van der Waals surface area contributed by atoms with Crippen molar-refractivity contribution in [3.63, 3.8) is 0 Å². The van der Waals surface area contributed by atoms with Crippen LogP contribution in [0, 0.1) is 0 Å². The quantitative estimate of drug-likeness (QED) is 0.888. The smallest absolute Gasteiger partial charge is 0.256 e. The molecule has 0 bridgehead atoms. The number of hydrogen-bond donors (Lipinski definition) is 2. The van der Waals surface area contributed by atoms with Gasteiger partial charge >= 0.3 is 0 Å². The van der Waals surface area contributed by atoms with E-state index >= 15 is 0 Å². The van der Waals surface area contributed by atoms with Crippen LogP contribution in [-0.2, 0) is 4.74 Å². The van der Waals surface area contributed by atoms with Crippen molar-refractivity contribution in [1.29, 1.82) is 0 Å². The lowest BCUT2D eigenvalue weighted by molar-refractivity contribution is 0.0857. The number of rotatable bonds is 3. The molecule has 1 saturated heterocycles. The largest absolute Gasteiger partial charge is 0.376 e. The molecule has 104 valence electrons. The third-order valence-corrected chi connectivity index (χ3v) is 3.55. The number of amides is 1. The molecule has 5 heteroatoms. The van der Waals surface area contributed by atoms with Gasteiger partial charge in [0.1, 0.15) is 5.56 Å². The second-order valence-electron chi connectivity index (χ2n) is 4.92. The van der Waals surface area contributed by atoms with Gasteiger partial charge in [-0.2, -0.15) is 0 Å². The second-order valence-corrected chi connectivity index (χ2v) is 4.92. The van der Waals surface area contributed by atoms with Crippen LogP contribution < -0.4 is 10.7 Å². The van der Waals surface area contributed by atoms with Crippen molar-refractivity contribution >= 4 is 16.8 Å². The minimum Gasteiger partial charge on any atom is -0.376 e. The van der Waals surface area contributed by atoms with Crippen LogP contribution in [0.5, 0.6) is 0 Å². The average molecular weight is 272 g/mol. The van der Waals surface area contributed by atoms with Crippen molar-refractivity contribution in [3.8, 4) is 0 Å². The number of hydrogen-bond acceptors (Lipinski definition) is 3. The van der Waals surface area contributed by atoms with Gasteiger partial charge in [0.15, 0.2) is 0 Å². The van der Waals surface area contributed by atoms with E-state index in [-0.39, 0.29) is 23.0 Å². The fourth-order valence-corrected chi connectivity index (χ4v) is 2.44. The molecule has 1 amide bonds. The Bertz CT molecular complexity index is 687. The summed E-state index contributed by atoms with van der Waals surface area (Å²) in [7, 11) is 0. The summed E-state index contributed by atoms with van der Waals surface area (Å²) < 4.78 is 5.44. The highest BCUT2D eigenvalue weighted by molar-refractivity contribution is 5.97. The molecule has 0 aliphatic carbocycles. The molecule has 0 spiro atoms. The highest BCUT2D eigenvalue weighted by atomic mass is 16.5. The molecule has 1 fully saturated rings. The molecule has 1 aliphatic heterocycles. The van der Waals surface area contributed by atoms with Crippen LogP contribution in [0.4, 0.5) is 0 Å². The molecular weight excluding hydrogens is 256 g/mol. The Morgan fingerprint density at radius 3 is 3.05 bits per heavy atom. The van der Waals surface area contributed by atoms with E-state index in [1.54, 1.807) is 12.1 Å². The van der Waals surface area contributed by atoms with Gasteiger partial charge < -0.3 is 15.0 Å². The maximum atomic E-state index is 12.3. The van der Waals surface area contributed by atoms with E-state index in [0.29, 0.717) is 11.9 Å². The minimum absolute atomic E-state index is 0.0680. The summed E-state index contributed by atoms with van der Waals surface area (Å²) in [6, 6.07) is 7.15. The van der Waals surface area contributed by atoms with E-state index in [1.807, 2.05) is 12.1 Å². The lowest BCUT2D eigenvalue weighted by Gasteiger charge is -2.10. The maximum absolute atomic E-state index is 12.3. The number of carbonyl (C=O) groups excluding carboxylic acids is 1. The van der Waals surface area contributed by atoms with Crippen molar-refractivity contribution in [2.45, 2.75) is 18.9 Å². The first-order valence-corrected chi connectivity index (χ1v) is 6.76. The number of aromatic nitrogens is 1. The third kappa shape index (κ3) is 2.44. The molecule has 1 aromatic heterocycles. The summed E-state index contributed by atoms with van der Waals surface area (Å²) in [4.78, 5) is 27.3. The van der Waals surface area contributed by atoms with E-state index in [1.165, 1.54) is 6.20 Å². The zero-order chi connectivity index (χ0) is 13.9. The van der Waals surface area contributed by atoms with E-state index in [2.05, 4.69) is 10.3 Å². The molecule has 2 aromatic rings. The molecule has 2 N–H and O–H groups in total. The van der Waals surface area contributed by atoms with Crippen molar-refractivity contribution in [3.05, 3.63) is 46.2 Å². The van der Waals surface area contributed by atoms with Crippen molar-refractivity contribution in [2.24, 2.45) is 0 Å². The van der Waals surface area contributed by atoms with Crippen molar-refractivity contribution < 1.29 is 9.53 Å². The third-order valence-electron chi connectivity index (χ3n) is 3.55. The summed E-state index contributed by atoms with van der Waals surface area (Å²) in [6.07, 6.45) is 3.51. The number of nitrogens with one attached hydrogen (secondary N) is 2. The Morgan fingerprint density at radius 1 is 1.40 bits per heavy atom. The predicted molar refractivity (Wildman–Crippen MR) is 75.9 cm³/mol. The Labute approximate surface area is 116 Å². The normalized spacial score (nSPS) is 18.3. The van der Waals surface area contributed by atoms with Crippen LogP contribution in [-0.4, -0.2) is 30.1 Å². The lowest BCUT2D eigenvalue weighted by Crippen LogP contribution is -2.34. The van der Waals surface area contributed by atoms with Crippen molar-refractivity contribution in [1.82, 2.24) is 10.3 Å². The van der Waals surface area contributed by atoms with Crippen molar-refractivity contribution in [2.75, 3.05) is 13.2 Å². The number of H-pyrrole nitrogens is 1. The van der Waals surface area contributed by atoms with Crippen LogP contribution in [0.3, 0.4) is 0 Å². The van der Waals surface area contributed by atoms with Gasteiger partial charge in [-0.3, -0.25) is 9.59 Å². The number of ether oxygens (including phenoxy) is 1. The average Bonchev–Trinajstić information content (AvgIpc) is 2.99. The number of benzene rings is 1. The molecule has 0 unspecified atom stereocenters. The molecule has 20 heavy (non-hydrogen) atoms. The van der Waals surface area contributed by atoms with Gasteiger partial charge in [-0.25, -0.2) is 0 Å². The first kappa shape index (κ1) is 12.9. The van der Waals surface area contributed by atoms with E-state index in [0.717, 1.165) is 25.0 Å². The SMILES string of the molecule is O=C(NC[C@H]1CCCO1)c1c[nH]c2ccccc2c1=O. The van der Waals surface area contributed by atoms with Gasteiger partial charge in [0.05, 0.1) is 6.10 Å². The van der Waals surface area contributed by atoms with E-state index in [4.69, 9.17) is 4.74 Å². The Balaban J connectivity index is 1.80. The second kappa shape index (κ2) is 5.46. The van der Waals surface area contributed by atoms with Gasteiger partial charge in [0.25, 0.3) is 5.91 Å². The summed E-state index contributed by atoms with van der Waals surface area (Å²) in [5.74, 6) is -0.354. The summed E-state index contributed by atoms with van der Waals surface area (Å²) >= 11 is 0. The molecule has 3 rings (SSSR count). The van der Waals surface area contributed by atoms with Crippen LogP contribution in [0.25, 0.3) is 10.9 Å². The highest BCUT2D eigenvalue weighted by Crippen LogP contribution is 2.11. The predicted octanol–water partition coefficient (Wildman–Crippen LogP) is 1.44. The Morgan fingerprint density at radius 2 is 2.25 bits per heavy atom. The zero-order valence-electron chi connectivity index (χ0n) is 11.0. The van der Waals surface area contributed by atoms with E-state index < -0.39 is 0 Å². The number of pyridine rings is 1. The molecular formula is C15H16N2O3. The summed E-state index contributed by atoms with van der Waals surface area (Å²) in [5.41, 5.74) is 0.624. The highest BCUT2D eigenvalue weighted by Gasteiger charge is 2.18. The van der Waals surface area contributed by atoms with Crippen LogP contribution in [0.2, 0.25) is 0 Å². The fraction of sp³-hybridized carbons (Fsp3) is 0.333. The number of aromatic amines is 1. The maximum Gasteiger partial charge on any atom is 0.256 e. The summed E-state index contributed by atoms with van der Waals surface area (Å²) in [5, 5.41) is 3.29. The Kier molecular flexibility index (Phi) is 3.52. The van der Waals surface area contributed by atoms with Gasteiger partial charge in [0.2, 0.25) is 5.43 Å². The monoisotopic (exact) mass is 272 g/mol. The first-order chi connectivity index (χ1) is 9.75. The van der Waals surface area contributed by atoms with Crippen LogP contribution >= 0.6 is 0 Å². The molecule has 1 atom stereocenters. The number of fused-ring (bicyclic) bond motifs is 1. The topological polar surface area (TPSA) is 71.2 Å². The van der Waals surface area contributed by atoms with Gasteiger partial charge in [-0.15, -0.1) is 0 Å². The van der Waals surface area contributed by atoms with Gasteiger partial charge in [-0.05, 0) is 25.0 Å². The molecule has 0 radical (unpaired) electrons. The molecule has 2 heterocycles.